The van der Waals surface area contributed by atoms with Crippen molar-refractivity contribution in [3.05, 3.63) is 31.3 Å². The Morgan fingerprint density at radius 2 is 2.21 bits per heavy atom. The van der Waals surface area contributed by atoms with E-state index in [2.05, 4.69) is 43.3 Å². The Bertz CT molecular complexity index is 363. The molecule has 0 aromatic heterocycles. The maximum Gasteiger partial charge on any atom is 0.310 e. The molecule has 0 aliphatic carbocycles. The third kappa shape index (κ3) is 2.95. The molecule has 1 rings (SSSR count). The number of rotatable bonds is 2. The van der Waals surface area contributed by atoms with Gasteiger partial charge in [-0.3, -0.25) is 4.79 Å². The van der Waals surface area contributed by atoms with Crippen LogP contribution in [0.3, 0.4) is 0 Å². The Morgan fingerprint density at radius 1 is 1.57 bits per heavy atom. The quantitative estimate of drug-likeness (QED) is 0.592. The number of carbonyl (C=O) groups is 1. The van der Waals surface area contributed by atoms with E-state index in [0.29, 0.717) is 6.42 Å². The highest BCUT2D eigenvalue weighted by atomic mass is 127. The van der Waals surface area contributed by atoms with E-state index in [1.54, 1.807) is 0 Å². The average Bonchev–Trinajstić information content (AvgIpc) is 2.14. The highest BCUT2D eigenvalue weighted by Crippen LogP contribution is 2.23. The summed E-state index contributed by atoms with van der Waals surface area (Å²) in [6.07, 6.45) is 0.327. The van der Waals surface area contributed by atoms with Gasteiger partial charge in [0.1, 0.15) is 0 Å². The molecule has 4 heteroatoms. The molecule has 0 fully saturated rings. The molecular formula is C10H10BrIO2. The van der Waals surface area contributed by atoms with Gasteiger partial charge in [0, 0.05) is 8.04 Å². The maximum absolute atomic E-state index is 11.1. The van der Waals surface area contributed by atoms with E-state index >= 15 is 0 Å². The summed E-state index contributed by atoms with van der Waals surface area (Å²) in [5.74, 6) is -0.210. The first-order valence-electron chi connectivity index (χ1n) is 4.06. The summed E-state index contributed by atoms with van der Waals surface area (Å²) in [5, 5.41) is 0. The predicted octanol–water partition coefficient (Wildman–Crippen LogP) is 3.08. The molecule has 0 amide bonds. The Labute approximate surface area is 105 Å². The molecule has 0 N–H and O–H groups in total. The van der Waals surface area contributed by atoms with E-state index in [9.17, 15) is 4.79 Å². The first-order valence-corrected chi connectivity index (χ1v) is 5.93. The van der Waals surface area contributed by atoms with Crippen molar-refractivity contribution in [3.63, 3.8) is 0 Å². The van der Waals surface area contributed by atoms with Gasteiger partial charge in [-0.1, -0.05) is 15.9 Å². The molecule has 0 unspecified atom stereocenters. The largest absolute Gasteiger partial charge is 0.469 e. The Kier molecular flexibility index (Phi) is 4.37. The number of benzene rings is 1. The number of hydrogen-bond donors (Lipinski definition) is 0. The molecule has 0 atom stereocenters. The summed E-state index contributed by atoms with van der Waals surface area (Å²) >= 11 is 5.66. The minimum Gasteiger partial charge on any atom is -0.469 e. The molecule has 2 nitrogen and oxygen atoms in total. The molecule has 0 heterocycles. The van der Waals surface area contributed by atoms with Crippen LogP contribution in [0.25, 0.3) is 0 Å². The fourth-order valence-electron chi connectivity index (χ4n) is 1.05. The van der Waals surface area contributed by atoms with Crippen molar-refractivity contribution in [2.24, 2.45) is 0 Å². The third-order valence-corrected chi connectivity index (χ3v) is 3.75. The van der Waals surface area contributed by atoms with E-state index in [1.165, 1.54) is 12.7 Å². The molecule has 0 aliphatic heterocycles. The van der Waals surface area contributed by atoms with Gasteiger partial charge >= 0.3 is 5.97 Å². The first kappa shape index (κ1) is 12.0. The SMILES string of the molecule is COC(=O)Cc1cc(Br)c(C)cc1I. The molecule has 1 aromatic carbocycles. The van der Waals surface area contributed by atoms with Crippen molar-refractivity contribution in [1.82, 2.24) is 0 Å². The van der Waals surface area contributed by atoms with Crippen LogP contribution >= 0.6 is 38.5 Å². The molecule has 0 radical (unpaired) electrons. The molecular weight excluding hydrogens is 359 g/mol. The van der Waals surface area contributed by atoms with Crippen LogP contribution in [-0.2, 0) is 16.0 Å². The second kappa shape index (κ2) is 5.11. The number of halogens is 2. The Morgan fingerprint density at radius 3 is 2.79 bits per heavy atom. The molecule has 1 aromatic rings. The lowest BCUT2D eigenvalue weighted by Crippen LogP contribution is -2.06. The Balaban J connectivity index is 2.98. The molecule has 0 spiro atoms. The third-order valence-electron chi connectivity index (χ3n) is 1.89. The van der Waals surface area contributed by atoms with E-state index in [4.69, 9.17) is 0 Å². The standard InChI is InChI=1S/C10H10BrIO2/c1-6-3-9(12)7(4-8(6)11)5-10(13)14-2/h3-4H,5H2,1-2H3. The Hall–Kier alpha value is -0.100. The van der Waals surface area contributed by atoms with Crippen LogP contribution in [0.15, 0.2) is 16.6 Å². The van der Waals surface area contributed by atoms with Crippen LogP contribution in [0.4, 0.5) is 0 Å². The molecule has 0 bridgehead atoms. The second-order valence-corrected chi connectivity index (χ2v) is 4.96. The average molecular weight is 369 g/mol. The highest BCUT2D eigenvalue weighted by Gasteiger charge is 2.08. The summed E-state index contributed by atoms with van der Waals surface area (Å²) in [6, 6.07) is 4.01. The topological polar surface area (TPSA) is 26.3 Å². The lowest BCUT2D eigenvalue weighted by atomic mass is 10.1. The normalized spacial score (nSPS) is 10.0. The number of aryl methyl sites for hydroxylation is 1. The molecule has 0 saturated carbocycles. The van der Waals surface area contributed by atoms with Gasteiger partial charge in [-0.25, -0.2) is 0 Å². The van der Waals surface area contributed by atoms with Gasteiger partial charge in [0.2, 0.25) is 0 Å². The van der Waals surface area contributed by atoms with Gasteiger partial charge in [0.05, 0.1) is 13.5 Å². The van der Waals surface area contributed by atoms with Crippen LogP contribution in [0.5, 0.6) is 0 Å². The van der Waals surface area contributed by atoms with Crippen LogP contribution in [-0.4, -0.2) is 13.1 Å². The molecule has 0 saturated heterocycles. The molecule has 14 heavy (non-hydrogen) atoms. The van der Waals surface area contributed by atoms with E-state index < -0.39 is 0 Å². The van der Waals surface area contributed by atoms with Gasteiger partial charge in [-0.2, -0.15) is 0 Å². The summed E-state index contributed by atoms with van der Waals surface area (Å²) in [7, 11) is 1.40. The summed E-state index contributed by atoms with van der Waals surface area (Å²) < 4.78 is 6.74. The van der Waals surface area contributed by atoms with Crippen molar-refractivity contribution < 1.29 is 9.53 Å². The van der Waals surface area contributed by atoms with Crippen LogP contribution in [0.1, 0.15) is 11.1 Å². The van der Waals surface area contributed by atoms with Crippen LogP contribution < -0.4 is 0 Å². The summed E-state index contributed by atoms with van der Waals surface area (Å²) in [4.78, 5) is 11.1. The minimum absolute atomic E-state index is 0.210. The zero-order valence-corrected chi connectivity index (χ0v) is 11.7. The number of ether oxygens (including phenoxy) is 1. The van der Waals surface area contributed by atoms with Crippen molar-refractivity contribution >= 4 is 44.5 Å². The van der Waals surface area contributed by atoms with Crippen molar-refractivity contribution in [1.29, 1.82) is 0 Å². The molecule has 0 aliphatic rings. The van der Waals surface area contributed by atoms with E-state index in [1.807, 2.05) is 19.1 Å². The van der Waals surface area contributed by atoms with Crippen LogP contribution in [0.2, 0.25) is 0 Å². The number of methoxy groups -OCH3 is 1. The van der Waals surface area contributed by atoms with Gasteiger partial charge in [-0.05, 0) is 52.8 Å². The minimum atomic E-state index is -0.210. The van der Waals surface area contributed by atoms with Crippen molar-refractivity contribution in [2.75, 3.05) is 7.11 Å². The monoisotopic (exact) mass is 368 g/mol. The van der Waals surface area contributed by atoms with E-state index in [-0.39, 0.29) is 5.97 Å². The first-order chi connectivity index (χ1) is 6.54. The maximum atomic E-state index is 11.1. The predicted molar refractivity (Wildman–Crippen MR) is 67.3 cm³/mol. The van der Waals surface area contributed by atoms with Crippen LogP contribution in [0, 0.1) is 10.5 Å². The fourth-order valence-corrected chi connectivity index (χ4v) is 2.25. The van der Waals surface area contributed by atoms with Gasteiger partial charge in [0.25, 0.3) is 0 Å². The fraction of sp³-hybridized carbons (Fsp3) is 0.300. The summed E-state index contributed by atoms with van der Waals surface area (Å²) in [6.45, 7) is 2.02. The van der Waals surface area contributed by atoms with Gasteiger partial charge in [-0.15, -0.1) is 0 Å². The van der Waals surface area contributed by atoms with Crippen molar-refractivity contribution in [2.45, 2.75) is 13.3 Å². The summed E-state index contributed by atoms with van der Waals surface area (Å²) in [5.41, 5.74) is 2.16. The molecule has 76 valence electrons. The highest BCUT2D eigenvalue weighted by molar-refractivity contribution is 14.1. The number of hydrogen-bond acceptors (Lipinski definition) is 2. The lowest BCUT2D eigenvalue weighted by molar-refractivity contribution is -0.139. The van der Waals surface area contributed by atoms with Crippen molar-refractivity contribution in [3.8, 4) is 0 Å². The number of esters is 1. The zero-order valence-electron chi connectivity index (χ0n) is 7.93. The zero-order chi connectivity index (χ0) is 10.7. The lowest BCUT2D eigenvalue weighted by Gasteiger charge is -2.06. The second-order valence-electron chi connectivity index (χ2n) is 2.95. The number of carbonyl (C=O) groups excluding carboxylic acids is 1. The van der Waals surface area contributed by atoms with E-state index in [0.717, 1.165) is 13.6 Å². The van der Waals surface area contributed by atoms with Gasteiger partial charge < -0.3 is 4.74 Å². The van der Waals surface area contributed by atoms with Gasteiger partial charge in [0.15, 0.2) is 0 Å². The smallest absolute Gasteiger partial charge is 0.310 e.